The lowest BCUT2D eigenvalue weighted by molar-refractivity contribution is -0.144. The molecular weight excluding hydrogens is 258 g/mol. The molecule has 0 heterocycles. The van der Waals surface area contributed by atoms with Crippen LogP contribution in [-0.4, -0.2) is 48.2 Å². The molecule has 114 valence electrons. The van der Waals surface area contributed by atoms with E-state index in [9.17, 15) is 9.59 Å². The molecule has 0 aromatic heterocycles. The molecule has 0 saturated carbocycles. The van der Waals surface area contributed by atoms with Crippen molar-refractivity contribution in [3.63, 3.8) is 0 Å². The van der Waals surface area contributed by atoms with E-state index in [1.165, 1.54) is 0 Å². The molecular formula is C15H25NO4. The van der Waals surface area contributed by atoms with E-state index in [4.69, 9.17) is 9.84 Å². The first-order valence-corrected chi connectivity index (χ1v) is 7.30. The number of ether oxygens (including phenoxy) is 1. The van der Waals surface area contributed by atoms with Crippen LogP contribution in [-0.2, 0) is 14.3 Å². The van der Waals surface area contributed by atoms with E-state index in [2.05, 4.69) is 0 Å². The fraction of sp³-hybridized carbons (Fsp3) is 0.733. The van der Waals surface area contributed by atoms with E-state index in [0.29, 0.717) is 19.8 Å². The predicted molar refractivity (Wildman–Crippen MR) is 76.4 cm³/mol. The van der Waals surface area contributed by atoms with Gasteiger partial charge in [0.15, 0.2) is 0 Å². The van der Waals surface area contributed by atoms with Crippen molar-refractivity contribution in [2.45, 2.75) is 33.1 Å². The maximum Gasteiger partial charge on any atom is 0.308 e. The van der Waals surface area contributed by atoms with Crippen LogP contribution in [0.15, 0.2) is 12.2 Å². The van der Waals surface area contributed by atoms with E-state index >= 15 is 0 Å². The second-order valence-electron chi connectivity index (χ2n) is 5.21. The van der Waals surface area contributed by atoms with Crippen LogP contribution in [0.3, 0.4) is 0 Å². The van der Waals surface area contributed by atoms with Crippen LogP contribution in [0.1, 0.15) is 33.1 Å². The van der Waals surface area contributed by atoms with Crippen LogP contribution in [0.5, 0.6) is 0 Å². The van der Waals surface area contributed by atoms with Gasteiger partial charge in [0.2, 0.25) is 5.91 Å². The Hall–Kier alpha value is -1.36. The Morgan fingerprint density at radius 2 is 2.05 bits per heavy atom. The van der Waals surface area contributed by atoms with Gasteiger partial charge in [-0.25, -0.2) is 0 Å². The summed E-state index contributed by atoms with van der Waals surface area (Å²) in [6.07, 6.45) is 6.31. The number of amides is 1. The van der Waals surface area contributed by atoms with Gasteiger partial charge in [0.05, 0.1) is 5.92 Å². The number of hydrogen-bond donors (Lipinski definition) is 1. The molecule has 1 aliphatic rings. The highest BCUT2D eigenvalue weighted by atomic mass is 16.5. The van der Waals surface area contributed by atoms with Gasteiger partial charge in [-0.2, -0.15) is 0 Å². The molecule has 1 N–H and O–H groups in total. The number of nitrogens with zero attached hydrogens (tertiary/aromatic N) is 1. The molecule has 0 bridgehead atoms. The largest absolute Gasteiger partial charge is 0.481 e. The minimum absolute atomic E-state index is 0.0110. The summed E-state index contributed by atoms with van der Waals surface area (Å²) in [6, 6.07) is 0. The molecule has 5 heteroatoms. The maximum absolute atomic E-state index is 12.4. The highest BCUT2D eigenvalue weighted by Gasteiger charge is 2.27. The Morgan fingerprint density at radius 1 is 1.40 bits per heavy atom. The molecule has 0 spiro atoms. The number of carboxylic acids is 1. The third-order valence-electron chi connectivity index (χ3n) is 3.51. The highest BCUT2D eigenvalue weighted by Crippen LogP contribution is 2.21. The fourth-order valence-corrected chi connectivity index (χ4v) is 2.28. The zero-order valence-electron chi connectivity index (χ0n) is 12.4. The van der Waals surface area contributed by atoms with E-state index in [0.717, 1.165) is 19.3 Å². The SMILES string of the molecule is CCOCCCN(CC(C)C(=O)O)C(=O)C1CC=CC1. The van der Waals surface area contributed by atoms with Crippen molar-refractivity contribution >= 4 is 11.9 Å². The maximum atomic E-state index is 12.4. The molecule has 1 unspecified atom stereocenters. The summed E-state index contributed by atoms with van der Waals surface area (Å²) in [5.74, 6) is -1.35. The standard InChI is InChI=1S/C15H25NO4/c1-3-20-10-6-9-16(11-12(2)15(18)19)14(17)13-7-4-5-8-13/h4-5,12-13H,3,6-11H2,1-2H3,(H,18,19). The monoisotopic (exact) mass is 283 g/mol. The fourth-order valence-electron chi connectivity index (χ4n) is 2.28. The van der Waals surface area contributed by atoms with Crippen LogP contribution in [0.2, 0.25) is 0 Å². The lowest BCUT2D eigenvalue weighted by Crippen LogP contribution is -2.41. The normalized spacial score (nSPS) is 16.3. The van der Waals surface area contributed by atoms with E-state index in [1.807, 2.05) is 19.1 Å². The molecule has 0 aromatic rings. The second kappa shape index (κ2) is 8.74. The first kappa shape index (κ1) is 16.7. The van der Waals surface area contributed by atoms with Crippen molar-refractivity contribution in [1.29, 1.82) is 0 Å². The molecule has 0 fully saturated rings. The van der Waals surface area contributed by atoms with Crippen molar-refractivity contribution in [3.8, 4) is 0 Å². The molecule has 0 aromatic carbocycles. The number of allylic oxidation sites excluding steroid dienone is 2. The Morgan fingerprint density at radius 3 is 2.60 bits per heavy atom. The van der Waals surface area contributed by atoms with Crippen LogP contribution in [0.25, 0.3) is 0 Å². The minimum atomic E-state index is -0.864. The lowest BCUT2D eigenvalue weighted by Gasteiger charge is -2.27. The Balaban J connectivity index is 2.52. The molecule has 5 nitrogen and oxygen atoms in total. The van der Waals surface area contributed by atoms with Crippen molar-refractivity contribution in [3.05, 3.63) is 12.2 Å². The van der Waals surface area contributed by atoms with E-state index in [-0.39, 0.29) is 18.4 Å². The molecule has 0 radical (unpaired) electrons. The summed E-state index contributed by atoms with van der Waals surface area (Å²) in [4.78, 5) is 25.1. The molecule has 20 heavy (non-hydrogen) atoms. The second-order valence-corrected chi connectivity index (χ2v) is 5.21. The molecule has 1 atom stereocenters. The summed E-state index contributed by atoms with van der Waals surface area (Å²) >= 11 is 0. The zero-order chi connectivity index (χ0) is 15.0. The topological polar surface area (TPSA) is 66.8 Å². The van der Waals surface area contributed by atoms with Gasteiger partial charge in [-0.05, 0) is 26.2 Å². The average molecular weight is 283 g/mol. The number of carbonyl (C=O) groups is 2. The predicted octanol–water partition coefficient (Wildman–Crippen LogP) is 1.93. The van der Waals surface area contributed by atoms with E-state index in [1.54, 1.807) is 11.8 Å². The lowest BCUT2D eigenvalue weighted by atomic mass is 10.0. The summed E-state index contributed by atoms with van der Waals surface area (Å²) in [5.41, 5.74) is 0. The first-order valence-electron chi connectivity index (χ1n) is 7.30. The molecule has 1 amide bonds. The van der Waals surface area contributed by atoms with Crippen molar-refractivity contribution in [2.75, 3.05) is 26.3 Å². The Bertz CT molecular complexity index is 346. The number of aliphatic carboxylic acids is 1. The quantitative estimate of drug-likeness (QED) is 0.518. The van der Waals surface area contributed by atoms with Gasteiger partial charge in [-0.15, -0.1) is 0 Å². The van der Waals surface area contributed by atoms with Crippen LogP contribution < -0.4 is 0 Å². The summed E-state index contributed by atoms with van der Waals surface area (Å²) < 4.78 is 5.27. The van der Waals surface area contributed by atoms with Crippen LogP contribution >= 0.6 is 0 Å². The van der Waals surface area contributed by atoms with Crippen LogP contribution in [0, 0.1) is 11.8 Å². The molecule has 1 aliphatic carbocycles. The van der Waals surface area contributed by atoms with Gasteiger partial charge >= 0.3 is 5.97 Å². The summed E-state index contributed by atoms with van der Waals surface area (Å²) in [7, 11) is 0. The van der Waals surface area contributed by atoms with Gasteiger partial charge in [-0.1, -0.05) is 19.1 Å². The van der Waals surface area contributed by atoms with Crippen LogP contribution in [0.4, 0.5) is 0 Å². The van der Waals surface area contributed by atoms with Gasteiger partial charge in [0.25, 0.3) is 0 Å². The van der Waals surface area contributed by atoms with E-state index < -0.39 is 11.9 Å². The Labute approximate surface area is 120 Å². The van der Waals surface area contributed by atoms with Gasteiger partial charge in [0, 0.05) is 32.2 Å². The third kappa shape index (κ3) is 5.33. The zero-order valence-corrected chi connectivity index (χ0v) is 12.4. The van der Waals surface area contributed by atoms with Crippen molar-refractivity contribution in [1.82, 2.24) is 4.90 Å². The van der Waals surface area contributed by atoms with Crippen molar-refractivity contribution in [2.24, 2.45) is 11.8 Å². The number of carboxylic acid groups (broad SMARTS) is 1. The number of carbonyl (C=O) groups excluding carboxylic acids is 1. The van der Waals surface area contributed by atoms with Crippen molar-refractivity contribution < 1.29 is 19.4 Å². The smallest absolute Gasteiger partial charge is 0.308 e. The number of hydrogen-bond acceptors (Lipinski definition) is 3. The third-order valence-corrected chi connectivity index (χ3v) is 3.51. The Kier molecular flexibility index (Phi) is 7.30. The first-order chi connectivity index (χ1) is 9.56. The highest BCUT2D eigenvalue weighted by molar-refractivity contribution is 5.80. The van der Waals surface area contributed by atoms with Gasteiger partial charge in [0.1, 0.15) is 0 Å². The molecule has 0 aliphatic heterocycles. The number of rotatable bonds is 9. The van der Waals surface area contributed by atoms with Gasteiger partial charge < -0.3 is 14.7 Å². The van der Waals surface area contributed by atoms with Gasteiger partial charge in [-0.3, -0.25) is 9.59 Å². The summed E-state index contributed by atoms with van der Waals surface area (Å²) in [6.45, 7) is 5.66. The molecule has 0 saturated heterocycles. The summed E-state index contributed by atoms with van der Waals surface area (Å²) in [5, 5.41) is 9.01. The molecule has 1 rings (SSSR count). The average Bonchev–Trinajstić information content (AvgIpc) is 2.95. The minimum Gasteiger partial charge on any atom is -0.481 e.